The molecule has 0 aliphatic heterocycles. The molecule has 0 aromatic rings. The topological polar surface area (TPSA) is 54.0 Å². The molecule has 0 amide bonds. The summed E-state index contributed by atoms with van der Waals surface area (Å²) >= 11 is 0. The molecule has 0 N–H and O–H groups in total. The highest BCUT2D eigenvalue weighted by atomic mass is 28.4. The summed E-state index contributed by atoms with van der Waals surface area (Å²) in [6.07, 6.45) is 9.62. The SMILES string of the molecule is C=CC(=O)OCO[Si](CCCCCCCCC)(OC)OC. The van der Waals surface area contributed by atoms with Gasteiger partial charge in [-0.2, -0.15) is 0 Å². The van der Waals surface area contributed by atoms with Crippen LogP contribution in [0.3, 0.4) is 0 Å². The second-order valence-electron chi connectivity index (χ2n) is 4.89. The van der Waals surface area contributed by atoms with Crippen molar-refractivity contribution in [2.24, 2.45) is 0 Å². The first-order valence-corrected chi connectivity index (χ1v) is 9.60. The molecule has 0 unspecified atom stereocenters. The molecule has 0 aromatic carbocycles. The molecule has 0 radical (unpaired) electrons. The van der Waals surface area contributed by atoms with Crippen LogP contribution in [0.5, 0.6) is 0 Å². The number of hydrogen-bond acceptors (Lipinski definition) is 5. The summed E-state index contributed by atoms with van der Waals surface area (Å²) in [6, 6.07) is 0.736. The second kappa shape index (κ2) is 13.0. The molecule has 0 aliphatic rings. The summed E-state index contributed by atoms with van der Waals surface area (Å²) in [7, 11) is 0.441. The van der Waals surface area contributed by atoms with E-state index in [4.69, 9.17) is 18.0 Å². The summed E-state index contributed by atoms with van der Waals surface area (Å²) < 4.78 is 21.2. The summed E-state index contributed by atoms with van der Waals surface area (Å²) in [6.45, 7) is 5.38. The third kappa shape index (κ3) is 9.79. The number of rotatable bonds is 14. The molecule has 6 heteroatoms. The lowest BCUT2D eigenvalue weighted by Gasteiger charge is -2.25. The van der Waals surface area contributed by atoms with Crippen LogP contribution < -0.4 is 0 Å². The van der Waals surface area contributed by atoms with Crippen molar-refractivity contribution in [3.8, 4) is 0 Å². The van der Waals surface area contributed by atoms with E-state index in [1.54, 1.807) is 14.2 Å². The van der Waals surface area contributed by atoms with Gasteiger partial charge in [-0.05, 0) is 6.42 Å². The first kappa shape index (κ1) is 20.3. The van der Waals surface area contributed by atoms with Crippen LogP contribution in [0.15, 0.2) is 12.7 Å². The van der Waals surface area contributed by atoms with Crippen molar-refractivity contribution in [2.45, 2.75) is 57.9 Å². The van der Waals surface area contributed by atoms with Gasteiger partial charge in [-0.3, -0.25) is 0 Å². The van der Waals surface area contributed by atoms with Gasteiger partial charge in [0.15, 0.2) is 6.79 Å². The number of hydrogen-bond donors (Lipinski definition) is 0. The Bertz CT molecular complexity index is 279. The lowest BCUT2D eigenvalue weighted by atomic mass is 10.1. The molecule has 0 atom stereocenters. The fraction of sp³-hybridized carbons (Fsp3) is 0.800. The highest BCUT2D eigenvalue weighted by molar-refractivity contribution is 6.60. The summed E-state index contributed by atoms with van der Waals surface area (Å²) in [4.78, 5) is 11.0. The Morgan fingerprint density at radius 3 is 2.14 bits per heavy atom. The van der Waals surface area contributed by atoms with Gasteiger partial charge in [0.05, 0.1) is 0 Å². The largest absolute Gasteiger partial charge is 0.502 e. The number of carbonyl (C=O) groups excluding carboxylic acids is 1. The Balaban J connectivity index is 3.92. The smallest absolute Gasteiger partial charge is 0.436 e. The van der Waals surface area contributed by atoms with Crippen molar-refractivity contribution in [3.05, 3.63) is 12.7 Å². The highest BCUT2D eigenvalue weighted by Crippen LogP contribution is 2.19. The van der Waals surface area contributed by atoms with Gasteiger partial charge >= 0.3 is 14.8 Å². The zero-order chi connectivity index (χ0) is 16.0. The summed E-state index contributed by atoms with van der Waals surface area (Å²) in [5.41, 5.74) is 0. The van der Waals surface area contributed by atoms with E-state index >= 15 is 0 Å². The molecule has 0 aliphatic carbocycles. The van der Waals surface area contributed by atoms with Crippen molar-refractivity contribution in [1.29, 1.82) is 0 Å². The van der Waals surface area contributed by atoms with E-state index in [2.05, 4.69) is 13.5 Å². The van der Waals surface area contributed by atoms with Gasteiger partial charge in [-0.1, -0.05) is 52.0 Å². The van der Waals surface area contributed by atoms with E-state index in [9.17, 15) is 4.79 Å². The van der Waals surface area contributed by atoms with E-state index in [1.807, 2.05) is 0 Å². The average Bonchev–Trinajstić information content (AvgIpc) is 2.52. The number of esters is 1. The van der Waals surface area contributed by atoms with Gasteiger partial charge < -0.3 is 18.0 Å². The molecule has 0 saturated heterocycles. The second-order valence-corrected chi connectivity index (χ2v) is 7.86. The first-order valence-electron chi connectivity index (χ1n) is 7.67. The van der Waals surface area contributed by atoms with Crippen molar-refractivity contribution < 1.29 is 22.8 Å². The van der Waals surface area contributed by atoms with Crippen molar-refractivity contribution in [1.82, 2.24) is 0 Å². The predicted octanol–water partition coefficient (Wildman–Crippen LogP) is 3.67. The Morgan fingerprint density at radius 2 is 1.62 bits per heavy atom. The molecule has 0 saturated carbocycles. The minimum atomic E-state index is -2.71. The minimum absolute atomic E-state index is 0.157. The van der Waals surface area contributed by atoms with Gasteiger partial charge in [0.2, 0.25) is 0 Å². The zero-order valence-corrected chi connectivity index (χ0v) is 14.7. The van der Waals surface area contributed by atoms with Gasteiger partial charge in [0.1, 0.15) is 0 Å². The molecule has 5 nitrogen and oxygen atoms in total. The zero-order valence-electron chi connectivity index (χ0n) is 13.7. The van der Waals surface area contributed by atoms with Crippen LogP contribution >= 0.6 is 0 Å². The van der Waals surface area contributed by atoms with Crippen LogP contribution in [-0.4, -0.2) is 35.8 Å². The average molecular weight is 318 g/mol. The maximum absolute atomic E-state index is 11.0. The third-order valence-electron chi connectivity index (χ3n) is 3.36. The lowest BCUT2D eigenvalue weighted by Crippen LogP contribution is -2.44. The Hall–Kier alpha value is -0.693. The molecule has 21 heavy (non-hydrogen) atoms. The van der Waals surface area contributed by atoms with Gasteiger partial charge in [0, 0.05) is 26.3 Å². The third-order valence-corrected chi connectivity index (χ3v) is 6.12. The van der Waals surface area contributed by atoms with E-state index in [0.717, 1.165) is 25.0 Å². The Kier molecular flexibility index (Phi) is 12.6. The molecule has 0 heterocycles. The Morgan fingerprint density at radius 1 is 1.05 bits per heavy atom. The van der Waals surface area contributed by atoms with Gasteiger partial charge in [-0.15, -0.1) is 0 Å². The van der Waals surface area contributed by atoms with Crippen LogP contribution in [-0.2, 0) is 22.8 Å². The molecule has 0 aromatic heterocycles. The van der Waals surface area contributed by atoms with E-state index in [1.165, 1.54) is 32.1 Å². The van der Waals surface area contributed by atoms with E-state index < -0.39 is 14.8 Å². The quantitative estimate of drug-likeness (QED) is 0.161. The Labute approximate surface area is 130 Å². The van der Waals surface area contributed by atoms with E-state index in [-0.39, 0.29) is 6.79 Å². The number of carbonyl (C=O) groups is 1. The number of ether oxygens (including phenoxy) is 1. The maximum Gasteiger partial charge on any atom is 0.502 e. The lowest BCUT2D eigenvalue weighted by molar-refractivity contribution is -0.146. The van der Waals surface area contributed by atoms with Crippen molar-refractivity contribution >= 4 is 14.8 Å². The molecule has 0 fully saturated rings. The van der Waals surface area contributed by atoms with Crippen LogP contribution in [0, 0.1) is 0 Å². The summed E-state index contributed by atoms with van der Waals surface area (Å²) in [5, 5.41) is 0. The monoisotopic (exact) mass is 318 g/mol. The molecule has 0 rings (SSSR count). The normalized spacial score (nSPS) is 11.4. The summed E-state index contributed by atoms with van der Waals surface area (Å²) in [5.74, 6) is -0.513. The molecule has 0 bridgehead atoms. The number of unbranched alkanes of at least 4 members (excludes halogenated alkanes) is 6. The molecule has 0 spiro atoms. The van der Waals surface area contributed by atoms with E-state index in [0.29, 0.717) is 0 Å². The van der Waals surface area contributed by atoms with Crippen molar-refractivity contribution in [2.75, 3.05) is 21.0 Å². The fourth-order valence-corrected chi connectivity index (χ4v) is 3.89. The van der Waals surface area contributed by atoms with Crippen LogP contribution in [0.25, 0.3) is 0 Å². The standard InChI is InChI=1S/C15H30O5Si/c1-5-7-8-9-10-11-12-13-21(17-3,18-4)20-14-19-15(16)6-2/h6H,2,5,7-14H2,1,3-4H3. The van der Waals surface area contributed by atoms with Crippen LogP contribution in [0.2, 0.25) is 6.04 Å². The molecular formula is C15H30O5Si. The maximum atomic E-state index is 11.0. The highest BCUT2D eigenvalue weighted by Gasteiger charge is 2.38. The minimum Gasteiger partial charge on any atom is -0.436 e. The van der Waals surface area contributed by atoms with Gasteiger partial charge in [0.25, 0.3) is 0 Å². The predicted molar refractivity (Wildman–Crippen MR) is 84.8 cm³/mol. The van der Waals surface area contributed by atoms with Crippen LogP contribution in [0.4, 0.5) is 0 Å². The molecule has 124 valence electrons. The fourth-order valence-electron chi connectivity index (χ4n) is 2.01. The molecular weight excluding hydrogens is 288 g/mol. The van der Waals surface area contributed by atoms with Crippen LogP contribution in [0.1, 0.15) is 51.9 Å². The first-order chi connectivity index (χ1) is 10.1. The van der Waals surface area contributed by atoms with Crippen molar-refractivity contribution in [3.63, 3.8) is 0 Å². The van der Waals surface area contributed by atoms with Gasteiger partial charge in [-0.25, -0.2) is 4.79 Å².